The molecule has 1 heterocycles. The molecule has 1 amide bonds. The molecular weight excluding hydrogens is 325 g/mol. The minimum absolute atomic E-state index is 0.0246. The highest BCUT2D eigenvalue weighted by Gasteiger charge is 2.26. The average molecular weight is 347 g/mol. The van der Waals surface area contributed by atoms with Crippen molar-refractivity contribution < 1.29 is 9.18 Å². The maximum absolute atomic E-state index is 13.3. The first-order valence-corrected chi connectivity index (χ1v) is 9.09. The lowest BCUT2D eigenvalue weighted by molar-refractivity contribution is -0.117. The van der Waals surface area contributed by atoms with E-state index < -0.39 is 0 Å². The van der Waals surface area contributed by atoms with Crippen LogP contribution in [0.5, 0.6) is 0 Å². The quantitative estimate of drug-likeness (QED) is 0.868. The molecule has 0 radical (unpaired) electrons. The van der Waals surface area contributed by atoms with Crippen molar-refractivity contribution in [2.24, 2.45) is 11.7 Å². The smallest absolute Gasteiger partial charge is 0.226 e. The Kier molecular flexibility index (Phi) is 5.26. The summed E-state index contributed by atoms with van der Waals surface area (Å²) in [6.45, 7) is 1.91. The number of carbonyl (C=O) groups excluding carboxylic acids is 1. The molecule has 2 aromatic rings. The monoisotopic (exact) mass is 347 g/mol. The van der Waals surface area contributed by atoms with Gasteiger partial charge in [0.05, 0.1) is 5.69 Å². The minimum atomic E-state index is -0.240. The molecule has 3 N–H and O–H groups in total. The van der Waals surface area contributed by atoms with Gasteiger partial charge in [-0.15, -0.1) is 11.3 Å². The molecule has 0 aliphatic heterocycles. The predicted octanol–water partition coefficient (Wildman–Crippen LogP) is 3.64. The van der Waals surface area contributed by atoms with E-state index in [4.69, 9.17) is 5.73 Å². The number of rotatable bonds is 5. The fraction of sp³-hybridized carbons (Fsp3) is 0.444. The second-order valence-corrected chi connectivity index (χ2v) is 7.53. The van der Waals surface area contributed by atoms with E-state index in [0.717, 1.165) is 35.4 Å². The molecule has 0 bridgehead atoms. The van der Waals surface area contributed by atoms with Gasteiger partial charge in [-0.25, -0.2) is 9.37 Å². The van der Waals surface area contributed by atoms with Crippen molar-refractivity contribution >= 4 is 22.4 Å². The van der Waals surface area contributed by atoms with Gasteiger partial charge in [-0.05, 0) is 43.4 Å². The summed E-state index contributed by atoms with van der Waals surface area (Å²) in [6.07, 6.45) is 4.21. The summed E-state index contributed by atoms with van der Waals surface area (Å²) in [5.74, 6) is 0.0114. The van der Waals surface area contributed by atoms with Gasteiger partial charge in [0.15, 0.2) is 5.13 Å². The molecule has 0 saturated heterocycles. The summed E-state index contributed by atoms with van der Waals surface area (Å²) in [6, 6.07) is 6.69. The fourth-order valence-corrected chi connectivity index (χ4v) is 4.22. The van der Waals surface area contributed by atoms with Crippen LogP contribution in [0.15, 0.2) is 24.3 Å². The van der Waals surface area contributed by atoms with Gasteiger partial charge < -0.3 is 11.1 Å². The molecule has 4 nitrogen and oxygen atoms in total. The Morgan fingerprint density at radius 2 is 2.29 bits per heavy atom. The third-order valence-electron chi connectivity index (χ3n) is 4.56. The maximum atomic E-state index is 13.3. The van der Waals surface area contributed by atoms with Crippen molar-refractivity contribution in [2.45, 2.75) is 45.1 Å². The number of anilines is 1. The highest BCUT2D eigenvalue weighted by molar-refractivity contribution is 7.15. The summed E-state index contributed by atoms with van der Waals surface area (Å²) in [5.41, 5.74) is 7.80. The van der Waals surface area contributed by atoms with Crippen LogP contribution in [0.2, 0.25) is 0 Å². The summed E-state index contributed by atoms with van der Waals surface area (Å²) in [4.78, 5) is 17.6. The van der Waals surface area contributed by atoms with Crippen LogP contribution in [0.3, 0.4) is 0 Å². The predicted molar refractivity (Wildman–Crippen MR) is 94.6 cm³/mol. The first kappa shape index (κ1) is 17.0. The summed E-state index contributed by atoms with van der Waals surface area (Å²) >= 11 is 1.45. The van der Waals surface area contributed by atoms with Crippen molar-refractivity contribution in [3.05, 3.63) is 46.2 Å². The summed E-state index contributed by atoms with van der Waals surface area (Å²) in [5, 5.41) is 3.49. The zero-order chi connectivity index (χ0) is 17.1. The standard InChI is InChI=1S/C18H22FN3OS/c1-11-16(9-12-4-2-6-14(19)8-12)24-18(21-11)22-17(23)10-13-5-3-7-15(13)20/h2,4,6,8,13,15H,3,5,7,9-10,20H2,1H3,(H,21,22,23)/t13-,15+/m0/s1. The van der Waals surface area contributed by atoms with Crippen LogP contribution in [-0.2, 0) is 11.2 Å². The molecule has 1 fully saturated rings. The Hall–Kier alpha value is -1.79. The normalized spacial score (nSPS) is 20.3. The van der Waals surface area contributed by atoms with Crippen LogP contribution in [0.25, 0.3) is 0 Å². The number of thiazole rings is 1. The van der Waals surface area contributed by atoms with E-state index in [1.165, 1.54) is 23.5 Å². The maximum Gasteiger partial charge on any atom is 0.226 e. The Morgan fingerprint density at radius 1 is 1.46 bits per heavy atom. The molecule has 1 aliphatic carbocycles. The fourth-order valence-electron chi connectivity index (χ4n) is 3.21. The molecule has 24 heavy (non-hydrogen) atoms. The van der Waals surface area contributed by atoms with E-state index in [0.29, 0.717) is 18.0 Å². The third kappa shape index (κ3) is 4.19. The third-order valence-corrected chi connectivity index (χ3v) is 5.63. The molecule has 2 atom stereocenters. The topological polar surface area (TPSA) is 68.0 Å². The van der Waals surface area contributed by atoms with Crippen molar-refractivity contribution in [3.63, 3.8) is 0 Å². The second-order valence-electron chi connectivity index (χ2n) is 6.44. The average Bonchev–Trinajstić information content (AvgIpc) is 3.06. The highest BCUT2D eigenvalue weighted by Crippen LogP contribution is 2.29. The number of nitrogens with zero attached hydrogens (tertiary/aromatic N) is 1. The minimum Gasteiger partial charge on any atom is -0.327 e. The number of nitrogens with two attached hydrogens (primary N) is 1. The van der Waals surface area contributed by atoms with Crippen LogP contribution >= 0.6 is 11.3 Å². The van der Waals surface area contributed by atoms with E-state index in [1.807, 2.05) is 13.0 Å². The molecule has 128 valence electrons. The lowest BCUT2D eigenvalue weighted by Crippen LogP contribution is -2.28. The molecule has 6 heteroatoms. The summed E-state index contributed by atoms with van der Waals surface area (Å²) < 4.78 is 13.3. The lowest BCUT2D eigenvalue weighted by atomic mass is 10.00. The van der Waals surface area contributed by atoms with Gasteiger partial charge in [0.1, 0.15) is 5.82 Å². The van der Waals surface area contributed by atoms with Gasteiger partial charge in [0.25, 0.3) is 0 Å². The summed E-state index contributed by atoms with van der Waals surface area (Å²) in [7, 11) is 0. The van der Waals surface area contributed by atoms with E-state index >= 15 is 0 Å². The van der Waals surface area contributed by atoms with Crippen LogP contribution in [0.4, 0.5) is 9.52 Å². The molecule has 0 unspecified atom stereocenters. The Balaban J connectivity index is 1.62. The number of aryl methyl sites for hydroxylation is 1. The van der Waals surface area contributed by atoms with E-state index in [-0.39, 0.29) is 23.7 Å². The van der Waals surface area contributed by atoms with Gasteiger partial charge >= 0.3 is 0 Å². The van der Waals surface area contributed by atoms with Gasteiger partial charge in [-0.3, -0.25) is 4.79 Å². The zero-order valence-corrected chi connectivity index (χ0v) is 14.5. The lowest BCUT2D eigenvalue weighted by Gasteiger charge is -2.13. The number of halogens is 1. The Bertz CT molecular complexity index is 731. The number of amides is 1. The van der Waals surface area contributed by atoms with Gasteiger partial charge in [-0.2, -0.15) is 0 Å². The number of carbonyl (C=O) groups is 1. The van der Waals surface area contributed by atoms with Crippen LogP contribution in [0, 0.1) is 18.7 Å². The van der Waals surface area contributed by atoms with Gasteiger partial charge in [0, 0.05) is 23.8 Å². The Morgan fingerprint density at radius 3 is 3.00 bits per heavy atom. The van der Waals surface area contributed by atoms with E-state index in [9.17, 15) is 9.18 Å². The number of hydrogen-bond donors (Lipinski definition) is 2. The van der Waals surface area contributed by atoms with Gasteiger partial charge in [-0.1, -0.05) is 18.6 Å². The Labute approximate surface area is 145 Å². The molecule has 3 rings (SSSR count). The molecule has 1 aromatic heterocycles. The van der Waals surface area contributed by atoms with Crippen molar-refractivity contribution in [1.29, 1.82) is 0 Å². The largest absolute Gasteiger partial charge is 0.327 e. The SMILES string of the molecule is Cc1nc(NC(=O)C[C@@H]2CCC[C@H]2N)sc1Cc1cccc(F)c1. The zero-order valence-electron chi connectivity index (χ0n) is 13.7. The number of nitrogens with one attached hydrogen (secondary N) is 1. The van der Waals surface area contributed by atoms with Crippen molar-refractivity contribution in [3.8, 4) is 0 Å². The first-order valence-electron chi connectivity index (χ1n) is 8.27. The van der Waals surface area contributed by atoms with Gasteiger partial charge in [0.2, 0.25) is 5.91 Å². The second kappa shape index (κ2) is 7.40. The molecule has 1 aliphatic rings. The van der Waals surface area contributed by atoms with Crippen molar-refractivity contribution in [1.82, 2.24) is 4.98 Å². The van der Waals surface area contributed by atoms with E-state index in [1.54, 1.807) is 6.07 Å². The van der Waals surface area contributed by atoms with E-state index in [2.05, 4.69) is 10.3 Å². The number of hydrogen-bond acceptors (Lipinski definition) is 4. The molecule has 1 aromatic carbocycles. The first-order chi connectivity index (χ1) is 11.5. The molecule has 1 saturated carbocycles. The molecular formula is C18H22FN3OS. The number of benzene rings is 1. The van der Waals surface area contributed by atoms with Crippen LogP contribution in [0.1, 0.15) is 41.8 Å². The molecule has 0 spiro atoms. The highest BCUT2D eigenvalue weighted by atomic mass is 32.1. The van der Waals surface area contributed by atoms with Crippen molar-refractivity contribution in [2.75, 3.05) is 5.32 Å². The van der Waals surface area contributed by atoms with Crippen LogP contribution < -0.4 is 11.1 Å². The van der Waals surface area contributed by atoms with Crippen LogP contribution in [-0.4, -0.2) is 16.9 Å². The number of aromatic nitrogens is 1.